The highest BCUT2D eigenvalue weighted by molar-refractivity contribution is 5.18. The first-order chi connectivity index (χ1) is 4.32. The molecular weight excluding hydrogens is 110 g/mol. The maximum atomic E-state index is 5.94. The van der Waals surface area contributed by atoms with Crippen molar-refractivity contribution in [2.45, 2.75) is 31.7 Å². The third kappa shape index (κ3) is 0.315. The van der Waals surface area contributed by atoms with Crippen molar-refractivity contribution in [1.82, 2.24) is 0 Å². The Balaban J connectivity index is 1.99. The van der Waals surface area contributed by atoms with Gasteiger partial charge in [-0.05, 0) is 42.9 Å². The summed E-state index contributed by atoms with van der Waals surface area (Å²) < 4.78 is 0. The van der Waals surface area contributed by atoms with Gasteiger partial charge in [-0.25, -0.2) is 0 Å². The highest BCUT2D eigenvalue weighted by Gasteiger charge is 2.66. The SMILES string of the molecule is NC1C[C@@]23CCC2C1C3. The van der Waals surface area contributed by atoms with Gasteiger partial charge in [0.15, 0.2) is 0 Å². The molecule has 2 bridgehead atoms. The number of hydrogen-bond donors (Lipinski definition) is 1. The van der Waals surface area contributed by atoms with E-state index in [1.165, 1.54) is 25.7 Å². The lowest BCUT2D eigenvalue weighted by Gasteiger charge is -2.57. The van der Waals surface area contributed by atoms with Crippen LogP contribution in [0, 0.1) is 17.3 Å². The molecule has 1 spiro atoms. The monoisotopic (exact) mass is 123 g/mol. The molecule has 4 fully saturated rings. The summed E-state index contributed by atoms with van der Waals surface area (Å²) in [4.78, 5) is 0. The van der Waals surface area contributed by atoms with Crippen molar-refractivity contribution in [2.75, 3.05) is 0 Å². The Kier molecular flexibility index (Phi) is 0.563. The van der Waals surface area contributed by atoms with E-state index in [0.717, 1.165) is 17.3 Å². The van der Waals surface area contributed by atoms with E-state index in [1.54, 1.807) is 0 Å². The minimum atomic E-state index is 0.595. The van der Waals surface area contributed by atoms with Gasteiger partial charge in [-0.2, -0.15) is 0 Å². The van der Waals surface area contributed by atoms with Gasteiger partial charge in [-0.1, -0.05) is 0 Å². The summed E-state index contributed by atoms with van der Waals surface area (Å²) in [7, 11) is 0. The van der Waals surface area contributed by atoms with E-state index in [-0.39, 0.29) is 0 Å². The standard InChI is InChI=1S/C8H13N/c9-7-4-8-2-1-6(8)5(7)3-8/h5-7H,1-4,9H2/t5?,6?,7?,8-/m0/s1. The molecule has 9 heavy (non-hydrogen) atoms. The lowest BCUT2D eigenvalue weighted by atomic mass is 9.48. The molecule has 4 aliphatic carbocycles. The average molecular weight is 123 g/mol. The van der Waals surface area contributed by atoms with Gasteiger partial charge in [-0.3, -0.25) is 0 Å². The van der Waals surface area contributed by atoms with Gasteiger partial charge in [0, 0.05) is 6.04 Å². The highest BCUT2D eigenvalue weighted by atomic mass is 14.8. The van der Waals surface area contributed by atoms with Crippen LogP contribution >= 0.6 is 0 Å². The molecule has 0 saturated heterocycles. The Morgan fingerprint density at radius 1 is 1.33 bits per heavy atom. The van der Waals surface area contributed by atoms with Crippen LogP contribution < -0.4 is 5.73 Å². The lowest BCUT2D eigenvalue weighted by Crippen LogP contribution is -2.49. The first-order valence-corrected chi connectivity index (χ1v) is 4.07. The van der Waals surface area contributed by atoms with Crippen LogP contribution in [0.3, 0.4) is 0 Å². The Labute approximate surface area is 55.6 Å². The average Bonchev–Trinajstić information content (AvgIpc) is 2.18. The van der Waals surface area contributed by atoms with Crippen molar-refractivity contribution >= 4 is 0 Å². The molecule has 1 nitrogen and oxygen atoms in total. The third-order valence-electron chi connectivity index (χ3n) is 4.09. The molecule has 3 unspecified atom stereocenters. The molecule has 0 radical (unpaired) electrons. The van der Waals surface area contributed by atoms with Gasteiger partial charge >= 0.3 is 0 Å². The number of fused-ring (bicyclic) bond motifs is 1. The molecule has 4 saturated carbocycles. The summed E-state index contributed by atoms with van der Waals surface area (Å²) in [6.45, 7) is 0. The quantitative estimate of drug-likeness (QED) is 0.513. The van der Waals surface area contributed by atoms with Crippen LogP contribution in [-0.4, -0.2) is 6.04 Å². The van der Waals surface area contributed by atoms with Gasteiger partial charge in [0.25, 0.3) is 0 Å². The first-order valence-electron chi connectivity index (χ1n) is 4.07. The molecule has 0 aromatic rings. The fourth-order valence-corrected chi connectivity index (χ4v) is 3.50. The molecule has 0 amide bonds. The van der Waals surface area contributed by atoms with Crippen molar-refractivity contribution in [3.8, 4) is 0 Å². The first kappa shape index (κ1) is 4.73. The lowest BCUT2D eigenvalue weighted by molar-refractivity contribution is -0.0722. The second-order valence-electron chi connectivity index (χ2n) is 4.24. The minimum absolute atomic E-state index is 0.595. The van der Waals surface area contributed by atoms with E-state index in [1.807, 2.05) is 0 Å². The zero-order chi connectivity index (χ0) is 6.06. The van der Waals surface area contributed by atoms with E-state index in [0.29, 0.717) is 6.04 Å². The van der Waals surface area contributed by atoms with E-state index >= 15 is 0 Å². The zero-order valence-electron chi connectivity index (χ0n) is 5.64. The van der Waals surface area contributed by atoms with E-state index in [2.05, 4.69) is 0 Å². The van der Waals surface area contributed by atoms with Crippen molar-refractivity contribution < 1.29 is 0 Å². The molecule has 2 N–H and O–H groups in total. The fraction of sp³-hybridized carbons (Fsp3) is 1.00. The molecule has 0 aromatic carbocycles. The third-order valence-corrected chi connectivity index (χ3v) is 4.09. The Morgan fingerprint density at radius 3 is 2.44 bits per heavy atom. The Hall–Kier alpha value is -0.0400. The molecule has 4 rings (SSSR count). The Bertz CT molecular complexity index is 166. The number of nitrogens with two attached hydrogens (primary N) is 1. The molecule has 0 aliphatic heterocycles. The van der Waals surface area contributed by atoms with Crippen LogP contribution in [0.2, 0.25) is 0 Å². The van der Waals surface area contributed by atoms with Crippen molar-refractivity contribution in [2.24, 2.45) is 23.0 Å². The Morgan fingerprint density at radius 2 is 2.22 bits per heavy atom. The van der Waals surface area contributed by atoms with E-state index < -0.39 is 0 Å². The van der Waals surface area contributed by atoms with E-state index in [4.69, 9.17) is 5.73 Å². The van der Waals surface area contributed by atoms with Gasteiger partial charge in [0.05, 0.1) is 0 Å². The van der Waals surface area contributed by atoms with Gasteiger partial charge in [-0.15, -0.1) is 0 Å². The summed E-state index contributed by atoms with van der Waals surface area (Å²) in [5, 5.41) is 0. The maximum Gasteiger partial charge on any atom is 0.00756 e. The summed E-state index contributed by atoms with van der Waals surface area (Å²) in [5.41, 5.74) is 6.76. The maximum absolute atomic E-state index is 5.94. The van der Waals surface area contributed by atoms with E-state index in [9.17, 15) is 0 Å². The van der Waals surface area contributed by atoms with Crippen LogP contribution in [0.1, 0.15) is 25.7 Å². The van der Waals surface area contributed by atoms with Gasteiger partial charge < -0.3 is 5.73 Å². The van der Waals surface area contributed by atoms with Gasteiger partial charge in [0.1, 0.15) is 0 Å². The van der Waals surface area contributed by atoms with Crippen LogP contribution in [0.15, 0.2) is 0 Å². The van der Waals surface area contributed by atoms with Crippen molar-refractivity contribution in [1.29, 1.82) is 0 Å². The molecule has 1 heteroatoms. The molecule has 0 aromatic heterocycles. The largest absolute Gasteiger partial charge is 0.327 e. The van der Waals surface area contributed by atoms with Crippen molar-refractivity contribution in [3.63, 3.8) is 0 Å². The summed E-state index contributed by atoms with van der Waals surface area (Å²) >= 11 is 0. The predicted octanol–water partition coefficient (Wildman–Crippen LogP) is 1.13. The number of rotatable bonds is 0. The summed E-state index contributed by atoms with van der Waals surface area (Å²) in [5.74, 6) is 2.05. The normalized spacial score (nSPS) is 68.3. The molecule has 50 valence electrons. The zero-order valence-corrected chi connectivity index (χ0v) is 5.64. The second kappa shape index (κ2) is 1.07. The smallest absolute Gasteiger partial charge is 0.00756 e. The van der Waals surface area contributed by atoms with Crippen molar-refractivity contribution in [3.05, 3.63) is 0 Å². The predicted molar refractivity (Wildman–Crippen MR) is 35.9 cm³/mol. The molecule has 0 heterocycles. The van der Waals surface area contributed by atoms with Crippen LogP contribution in [0.25, 0.3) is 0 Å². The summed E-state index contributed by atoms with van der Waals surface area (Å²) in [6.07, 6.45) is 5.85. The highest BCUT2D eigenvalue weighted by Crippen LogP contribution is 2.72. The second-order valence-corrected chi connectivity index (χ2v) is 4.24. The van der Waals surface area contributed by atoms with Crippen LogP contribution in [0.4, 0.5) is 0 Å². The topological polar surface area (TPSA) is 26.0 Å². The van der Waals surface area contributed by atoms with Gasteiger partial charge in [0.2, 0.25) is 0 Å². The van der Waals surface area contributed by atoms with Crippen LogP contribution in [0.5, 0.6) is 0 Å². The number of hydrogen-bond acceptors (Lipinski definition) is 1. The fourth-order valence-electron chi connectivity index (χ4n) is 3.50. The minimum Gasteiger partial charge on any atom is -0.327 e. The molecule has 4 aliphatic rings. The summed E-state index contributed by atoms with van der Waals surface area (Å²) in [6, 6.07) is 0.595. The molecular formula is C8H13N. The van der Waals surface area contributed by atoms with Crippen LogP contribution in [-0.2, 0) is 0 Å². The molecule has 4 atom stereocenters.